The Morgan fingerprint density at radius 2 is 2.15 bits per heavy atom. The molecule has 0 amide bonds. The van der Waals surface area contributed by atoms with Gasteiger partial charge in [-0.3, -0.25) is 14.9 Å². The van der Waals surface area contributed by atoms with Crippen molar-refractivity contribution in [3.05, 3.63) is 33.1 Å². The molecule has 0 spiro atoms. The van der Waals surface area contributed by atoms with E-state index < -0.39 is 10.2 Å². The summed E-state index contributed by atoms with van der Waals surface area (Å²) < 4.78 is 0. The largest absolute Gasteiger partial charge is 0.306 e. The molecule has 0 N–H and O–H groups in total. The lowest BCUT2D eigenvalue weighted by atomic mass is 10.3. The molecule has 5 nitrogen and oxygen atoms in total. The van der Waals surface area contributed by atoms with Gasteiger partial charge >= 0.3 is 5.69 Å². The second kappa shape index (κ2) is 3.68. The molecule has 0 aliphatic carbocycles. The minimum atomic E-state index is -0.809. The zero-order chi connectivity index (χ0) is 10.0. The Hall–Kier alpha value is -1.20. The second-order valence-corrected chi connectivity index (χ2v) is 2.74. The van der Waals surface area contributed by atoms with Crippen molar-refractivity contribution in [2.75, 3.05) is 0 Å². The summed E-state index contributed by atoms with van der Waals surface area (Å²) in [6.45, 7) is 0. The maximum absolute atomic E-state index is 10.6. The highest BCUT2D eigenvalue weighted by Crippen LogP contribution is 2.21. The summed E-state index contributed by atoms with van der Waals surface area (Å²) in [5, 5.41) is 9.11. The van der Waals surface area contributed by atoms with Crippen LogP contribution in [0.5, 0.6) is 0 Å². The smallest absolute Gasteiger partial charge is 0.274 e. The molecule has 0 aliphatic heterocycles. The lowest BCUT2D eigenvalue weighted by Crippen LogP contribution is -1.97. The summed E-state index contributed by atoms with van der Waals surface area (Å²) in [4.78, 5) is 23.6. The Kier molecular flexibility index (Phi) is 2.79. The van der Waals surface area contributed by atoms with E-state index >= 15 is 0 Å². The first-order valence-electron chi connectivity index (χ1n) is 3.03. The van der Waals surface area contributed by atoms with Crippen LogP contribution >= 0.6 is 23.2 Å². The molecule has 0 aliphatic rings. The Balaban J connectivity index is 3.20. The zero-order valence-corrected chi connectivity index (χ0v) is 7.54. The normalized spacial score (nSPS) is 9.69. The van der Waals surface area contributed by atoms with E-state index in [0.29, 0.717) is 0 Å². The third kappa shape index (κ3) is 2.13. The number of rotatable bonds is 2. The van der Waals surface area contributed by atoms with E-state index in [0.717, 1.165) is 12.1 Å². The van der Waals surface area contributed by atoms with Gasteiger partial charge < -0.3 is 0 Å². The molecule has 0 atom stereocenters. The van der Waals surface area contributed by atoms with Gasteiger partial charge in [0.1, 0.15) is 5.69 Å². The number of carbonyl (C=O) groups excluding carboxylic acids is 1. The molecule has 0 bridgehead atoms. The van der Waals surface area contributed by atoms with Crippen LogP contribution in [0.15, 0.2) is 12.1 Å². The second-order valence-electron chi connectivity index (χ2n) is 2.04. The summed E-state index contributed by atoms with van der Waals surface area (Å²) in [5.74, 6) is 0. The first kappa shape index (κ1) is 9.88. The molecule has 0 fully saturated rings. The molecule has 13 heavy (non-hydrogen) atoms. The third-order valence-corrected chi connectivity index (χ3v) is 1.70. The van der Waals surface area contributed by atoms with Crippen LogP contribution in [-0.2, 0) is 0 Å². The molecule has 0 unspecified atom stereocenters. The van der Waals surface area contributed by atoms with Crippen molar-refractivity contribution < 1.29 is 9.72 Å². The summed E-state index contributed by atoms with van der Waals surface area (Å²) in [7, 11) is 0. The molecule has 1 aromatic heterocycles. The topological polar surface area (TPSA) is 73.1 Å². The van der Waals surface area contributed by atoms with Crippen molar-refractivity contribution >= 4 is 34.1 Å². The number of nitrogens with zero attached hydrogens (tertiary/aromatic N) is 2. The molecular formula is C6H2Cl2N2O3. The zero-order valence-electron chi connectivity index (χ0n) is 6.03. The van der Waals surface area contributed by atoms with Gasteiger partial charge in [0, 0.05) is 6.07 Å². The van der Waals surface area contributed by atoms with Crippen molar-refractivity contribution in [3.63, 3.8) is 0 Å². The lowest BCUT2D eigenvalue weighted by Gasteiger charge is -1.95. The molecule has 1 rings (SSSR count). The van der Waals surface area contributed by atoms with Crippen LogP contribution in [0, 0.1) is 10.1 Å². The van der Waals surface area contributed by atoms with Crippen LogP contribution in [-0.4, -0.2) is 15.1 Å². The van der Waals surface area contributed by atoms with Crippen LogP contribution in [0.3, 0.4) is 0 Å². The predicted molar refractivity (Wildman–Crippen MR) is 46.1 cm³/mol. The summed E-state index contributed by atoms with van der Waals surface area (Å²) in [6.07, 6.45) is 0. The van der Waals surface area contributed by atoms with Crippen molar-refractivity contribution in [2.45, 2.75) is 0 Å². The van der Waals surface area contributed by atoms with Gasteiger partial charge in [-0.15, -0.1) is 0 Å². The maximum atomic E-state index is 10.6. The molecule has 0 aromatic carbocycles. The monoisotopic (exact) mass is 220 g/mol. The van der Waals surface area contributed by atoms with Crippen molar-refractivity contribution in [2.24, 2.45) is 0 Å². The minimum Gasteiger partial charge on any atom is -0.274 e. The molecule has 0 saturated carbocycles. The molecular weight excluding hydrogens is 219 g/mol. The first-order valence-corrected chi connectivity index (χ1v) is 3.78. The van der Waals surface area contributed by atoms with Crippen LogP contribution in [0.4, 0.5) is 5.69 Å². The summed E-state index contributed by atoms with van der Waals surface area (Å²) in [6, 6.07) is 2.21. The van der Waals surface area contributed by atoms with E-state index in [-0.39, 0.29) is 16.5 Å². The standard InChI is InChI=1S/C6H2Cl2N2O3/c7-5-4(10(12)13)2-1-3(9-5)6(8)11/h1-2H. The summed E-state index contributed by atoms with van der Waals surface area (Å²) in [5.41, 5.74) is -0.472. The van der Waals surface area contributed by atoms with Crippen LogP contribution in [0.2, 0.25) is 5.15 Å². The van der Waals surface area contributed by atoms with E-state index in [9.17, 15) is 14.9 Å². The number of nitro groups is 1. The number of hydrogen-bond donors (Lipinski definition) is 0. The fraction of sp³-hybridized carbons (Fsp3) is 0. The van der Waals surface area contributed by atoms with E-state index in [1.54, 1.807) is 0 Å². The number of halogens is 2. The minimum absolute atomic E-state index is 0.114. The molecule has 1 aromatic rings. The van der Waals surface area contributed by atoms with Gasteiger partial charge in [0.2, 0.25) is 5.15 Å². The fourth-order valence-corrected chi connectivity index (χ4v) is 1.00. The highest BCUT2D eigenvalue weighted by molar-refractivity contribution is 6.67. The van der Waals surface area contributed by atoms with Gasteiger partial charge in [-0.25, -0.2) is 4.98 Å². The maximum Gasteiger partial charge on any atom is 0.306 e. The van der Waals surface area contributed by atoms with E-state index in [2.05, 4.69) is 4.98 Å². The first-order chi connectivity index (χ1) is 6.02. The van der Waals surface area contributed by atoms with Gasteiger partial charge in [0.25, 0.3) is 5.24 Å². The van der Waals surface area contributed by atoms with Gasteiger partial charge in [0.05, 0.1) is 4.92 Å². The quantitative estimate of drug-likeness (QED) is 0.331. The third-order valence-electron chi connectivity index (χ3n) is 1.23. The fourth-order valence-electron chi connectivity index (χ4n) is 0.673. The Morgan fingerprint density at radius 1 is 1.54 bits per heavy atom. The Bertz CT molecular complexity index is 380. The Labute approximate surface area is 82.4 Å². The average molecular weight is 221 g/mol. The van der Waals surface area contributed by atoms with Crippen LogP contribution in [0.1, 0.15) is 10.5 Å². The number of carbonyl (C=O) groups is 1. The van der Waals surface area contributed by atoms with Crippen LogP contribution in [0.25, 0.3) is 0 Å². The van der Waals surface area contributed by atoms with Crippen molar-refractivity contribution in [1.29, 1.82) is 0 Å². The number of aromatic nitrogens is 1. The van der Waals surface area contributed by atoms with E-state index in [4.69, 9.17) is 23.2 Å². The highest BCUT2D eigenvalue weighted by Gasteiger charge is 2.15. The molecule has 0 radical (unpaired) electrons. The lowest BCUT2D eigenvalue weighted by molar-refractivity contribution is -0.385. The van der Waals surface area contributed by atoms with Crippen molar-refractivity contribution in [1.82, 2.24) is 4.98 Å². The predicted octanol–water partition coefficient (Wildman–Crippen LogP) is 2.02. The van der Waals surface area contributed by atoms with E-state index in [1.165, 1.54) is 0 Å². The van der Waals surface area contributed by atoms with Crippen LogP contribution < -0.4 is 0 Å². The van der Waals surface area contributed by atoms with Crippen molar-refractivity contribution in [3.8, 4) is 0 Å². The highest BCUT2D eigenvalue weighted by atomic mass is 35.5. The Morgan fingerprint density at radius 3 is 2.54 bits per heavy atom. The molecule has 7 heteroatoms. The number of hydrogen-bond acceptors (Lipinski definition) is 4. The van der Waals surface area contributed by atoms with E-state index in [1.807, 2.05) is 0 Å². The molecule has 68 valence electrons. The average Bonchev–Trinajstić information content (AvgIpc) is 2.03. The molecule has 0 saturated heterocycles. The van der Waals surface area contributed by atoms with Gasteiger partial charge in [-0.1, -0.05) is 11.6 Å². The summed E-state index contributed by atoms with van der Waals surface area (Å²) >= 11 is 10.5. The van der Waals surface area contributed by atoms with Gasteiger partial charge in [-0.2, -0.15) is 0 Å². The van der Waals surface area contributed by atoms with Gasteiger partial charge in [0.15, 0.2) is 0 Å². The molecule has 1 heterocycles. The SMILES string of the molecule is O=C(Cl)c1ccc([N+](=O)[O-])c(Cl)n1. The number of pyridine rings is 1. The van der Waals surface area contributed by atoms with Gasteiger partial charge in [-0.05, 0) is 17.7 Å².